The van der Waals surface area contributed by atoms with E-state index in [4.69, 9.17) is 0 Å². The molecule has 3 heteroatoms. The van der Waals surface area contributed by atoms with Crippen LogP contribution in [0.25, 0.3) is 0 Å². The summed E-state index contributed by atoms with van der Waals surface area (Å²) in [6, 6.07) is 6.56. The lowest BCUT2D eigenvalue weighted by Crippen LogP contribution is -2.40. The number of rotatable bonds is 6. The Kier molecular flexibility index (Phi) is 4.30. The molecular weight excluding hydrogens is 252 g/mol. The van der Waals surface area contributed by atoms with E-state index in [1.807, 2.05) is 12.2 Å². The topological polar surface area (TPSA) is 54.4 Å². The Hall–Kier alpha value is -2.00. The molecule has 1 aromatic carbocycles. The lowest BCUT2D eigenvalue weighted by Gasteiger charge is -2.16. The highest BCUT2D eigenvalue weighted by molar-refractivity contribution is 6.31. The van der Waals surface area contributed by atoms with Crippen molar-refractivity contribution < 1.29 is 14.7 Å². The van der Waals surface area contributed by atoms with Crippen LogP contribution in [0.3, 0.4) is 0 Å². The summed E-state index contributed by atoms with van der Waals surface area (Å²) in [5, 5.41) is 10.4. The molecule has 0 amide bonds. The molecule has 0 fully saturated rings. The first-order valence-electron chi connectivity index (χ1n) is 6.78. The van der Waals surface area contributed by atoms with Gasteiger partial charge in [-0.25, -0.2) is 0 Å². The summed E-state index contributed by atoms with van der Waals surface area (Å²) in [6.07, 6.45) is 8.24. The Morgan fingerprint density at radius 3 is 2.20 bits per heavy atom. The summed E-state index contributed by atoms with van der Waals surface area (Å²) < 4.78 is 0. The van der Waals surface area contributed by atoms with Gasteiger partial charge in [-0.2, -0.15) is 0 Å². The minimum Gasteiger partial charge on any atom is -0.374 e. The van der Waals surface area contributed by atoms with Gasteiger partial charge in [0, 0.05) is 17.5 Å². The number of hydrogen-bond acceptors (Lipinski definition) is 3. The van der Waals surface area contributed by atoms with E-state index in [0.29, 0.717) is 11.1 Å². The van der Waals surface area contributed by atoms with E-state index in [1.165, 1.54) is 0 Å². The van der Waals surface area contributed by atoms with Crippen molar-refractivity contribution in [3.05, 3.63) is 60.2 Å². The standard InChI is InChI=1S/C17H18O3/c1-2-3-4-5-6-9-12-17(20)15(18)13-10-7-8-11-14(13)16(17)19/h2,6-11,20H,1,3-5,12H2/b9-6-. The normalized spacial score (nSPS) is 16.6. The maximum Gasteiger partial charge on any atom is 0.203 e. The van der Waals surface area contributed by atoms with Crippen LogP contribution in [0.5, 0.6) is 0 Å². The number of carbonyl (C=O) groups excluding carboxylic acids is 2. The molecule has 0 unspecified atom stereocenters. The van der Waals surface area contributed by atoms with Crippen LogP contribution in [-0.4, -0.2) is 22.3 Å². The van der Waals surface area contributed by atoms with Crippen LogP contribution < -0.4 is 0 Å². The van der Waals surface area contributed by atoms with Gasteiger partial charge in [-0.15, -0.1) is 6.58 Å². The van der Waals surface area contributed by atoms with Gasteiger partial charge in [0.05, 0.1) is 0 Å². The Morgan fingerprint density at radius 1 is 1.05 bits per heavy atom. The van der Waals surface area contributed by atoms with Gasteiger partial charge in [0.15, 0.2) is 5.60 Å². The fourth-order valence-electron chi connectivity index (χ4n) is 2.36. The van der Waals surface area contributed by atoms with Crippen LogP contribution in [0, 0.1) is 0 Å². The van der Waals surface area contributed by atoms with Crippen molar-refractivity contribution >= 4 is 11.6 Å². The minimum atomic E-state index is -1.92. The average molecular weight is 270 g/mol. The SMILES string of the molecule is C=CCCC/C=C\CC1(O)C(=O)c2ccccc2C1=O. The molecule has 0 saturated carbocycles. The van der Waals surface area contributed by atoms with E-state index in [1.54, 1.807) is 30.3 Å². The quantitative estimate of drug-likeness (QED) is 0.491. The van der Waals surface area contributed by atoms with E-state index >= 15 is 0 Å². The maximum atomic E-state index is 12.2. The molecule has 0 saturated heterocycles. The molecule has 2 rings (SSSR count). The number of unbranched alkanes of at least 4 members (excludes halogenated alkanes) is 2. The lowest BCUT2D eigenvalue weighted by atomic mass is 9.93. The van der Waals surface area contributed by atoms with Crippen molar-refractivity contribution in [2.24, 2.45) is 0 Å². The molecule has 20 heavy (non-hydrogen) atoms. The third-order valence-corrected chi connectivity index (χ3v) is 3.53. The number of ketones is 2. The smallest absolute Gasteiger partial charge is 0.203 e. The van der Waals surface area contributed by atoms with Crippen molar-refractivity contribution in [3.8, 4) is 0 Å². The fourth-order valence-corrected chi connectivity index (χ4v) is 2.36. The zero-order chi connectivity index (χ0) is 14.6. The number of fused-ring (bicyclic) bond motifs is 1. The van der Waals surface area contributed by atoms with E-state index in [0.717, 1.165) is 19.3 Å². The van der Waals surface area contributed by atoms with E-state index in [2.05, 4.69) is 6.58 Å². The van der Waals surface area contributed by atoms with Crippen molar-refractivity contribution in [3.63, 3.8) is 0 Å². The first kappa shape index (κ1) is 14.4. The molecule has 1 N–H and O–H groups in total. The molecule has 3 nitrogen and oxygen atoms in total. The summed E-state index contributed by atoms with van der Waals surface area (Å²) >= 11 is 0. The largest absolute Gasteiger partial charge is 0.374 e. The number of Topliss-reactive ketones (excluding diaryl/α,β-unsaturated/α-hetero) is 2. The molecule has 1 aliphatic carbocycles. The van der Waals surface area contributed by atoms with Crippen molar-refractivity contribution in [1.82, 2.24) is 0 Å². The van der Waals surface area contributed by atoms with Crippen LogP contribution in [0.15, 0.2) is 49.1 Å². The molecule has 0 aromatic heterocycles. The first-order chi connectivity index (χ1) is 9.61. The zero-order valence-electron chi connectivity index (χ0n) is 11.3. The summed E-state index contributed by atoms with van der Waals surface area (Å²) in [7, 11) is 0. The number of benzene rings is 1. The third-order valence-electron chi connectivity index (χ3n) is 3.53. The van der Waals surface area contributed by atoms with Gasteiger partial charge in [0.25, 0.3) is 0 Å². The summed E-state index contributed by atoms with van der Waals surface area (Å²) in [4.78, 5) is 24.4. The van der Waals surface area contributed by atoms with Crippen LogP contribution in [0.1, 0.15) is 46.4 Å². The third kappa shape index (κ3) is 2.49. The summed E-state index contributed by atoms with van der Waals surface area (Å²) in [6.45, 7) is 3.64. The number of allylic oxidation sites excluding steroid dienone is 2. The van der Waals surface area contributed by atoms with Gasteiger partial charge < -0.3 is 5.11 Å². The number of aliphatic hydroxyl groups is 1. The van der Waals surface area contributed by atoms with Gasteiger partial charge in [-0.05, 0) is 19.3 Å². The Bertz CT molecular complexity index is 534. The molecule has 0 heterocycles. The van der Waals surface area contributed by atoms with E-state index in [9.17, 15) is 14.7 Å². The zero-order valence-corrected chi connectivity index (χ0v) is 11.3. The Balaban J connectivity index is 2.07. The molecule has 1 aromatic rings. The maximum absolute atomic E-state index is 12.2. The molecule has 1 aliphatic rings. The number of hydrogen-bond donors (Lipinski definition) is 1. The van der Waals surface area contributed by atoms with Crippen molar-refractivity contribution in [1.29, 1.82) is 0 Å². The van der Waals surface area contributed by atoms with Crippen LogP contribution >= 0.6 is 0 Å². The van der Waals surface area contributed by atoms with Crippen LogP contribution in [-0.2, 0) is 0 Å². The lowest BCUT2D eigenvalue weighted by molar-refractivity contribution is 0.0343. The van der Waals surface area contributed by atoms with Crippen molar-refractivity contribution in [2.45, 2.75) is 31.3 Å². The molecule has 0 aliphatic heterocycles. The highest BCUT2D eigenvalue weighted by Gasteiger charge is 2.50. The monoisotopic (exact) mass is 270 g/mol. The fraction of sp³-hybridized carbons (Fsp3) is 0.294. The highest BCUT2D eigenvalue weighted by Crippen LogP contribution is 2.32. The Morgan fingerprint density at radius 2 is 1.65 bits per heavy atom. The summed E-state index contributed by atoms with van der Waals surface area (Å²) in [5.74, 6) is -0.984. The highest BCUT2D eigenvalue weighted by atomic mass is 16.3. The molecule has 0 spiro atoms. The predicted molar refractivity (Wildman–Crippen MR) is 77.9 cm³/mol. The second kappa shape index (κ2) is 5.97. The number of carbonyl (C=O) groups is 2. The van der Waals surface area contributed by atoms with Gasteiger partial charge in [0.1, 0.15) is 0 Å². The van der Waals surface area contributed by atoms with Crippen LogP contribution in [0.4, 0.5) is 0 Å². The van der Waals surface area contributed by atoms with Crippen LogP contribution in [0.2, 0.25) is 0 Å². The molecule has 0 radical (unpaired) electrons. The molecule has 104 valence electrons. The van der Waals surface area contributed by atoms with E-state index < -0.39 is 17.2 Å². The second-order valence-corrected chi connectivity index (χ2v) is 4.96. The van der Waals surface area contributed by atoms with Crippen molar-refractivity contribution in [2.75, 3.05) is 0 Å². The molecular formula is C17H18O3. The molecule has 0 bridgehead atoms. The van der Waals surface area contributed by atoms with Gasteiger partial charge in [-0.1, -0.05) is 42.5 Å². The van der Waals surface area contributed by atoms with Gasteiger partial charge in [0.2, 0.25) is 11.6 Å². The second-order valence-electron chi connectivity index (χ2n) is 4.96. The predicted octanol–water partition coefficient (Wildman–Crippen LogP) is 3.10. The minimum absolute atomic E-state index is 0.0352. The average Bonchev–Trinajstić information content (AvgIpc) is 2.66. The van der Waals surface area contributed by atoms with Gasteiger partial charge >= 0.3 is 0 Å². The summed E-state index contributed by atoms with van der Waals surface area (Å²) in [5.41, 5.74) is -1.28. The van der Waals surface area contributed by atoms with Gasteiger partial charge in [-0.3, -0.25) is 9.59 Å². The first-order valence-corrected chi connectivity index (χ1v) is 6.78. The Labute approximate surface area is 118 Å². The molecule has 0 atom stereocenters. The van der Waals surface area contributed by atoms with E-state index in [-0.39, 0.29) is 6.42 Å².